The lowest BCUT2D eigenvalue weighted by molar-refractivity contribution is 0.0950. The molecule has 0 aliphatic heterocycles. The van der Waals surface area contributed by atoms with Crippen LogP contribution in [0, 0.1) is 0 Å². The highest BCUT2D eigenvalue weighted by Crippen LogP contribution is 2.24. The lowest BCUT2D eigenvalue weighted by Crippen LogP contribution is -2.25. The third-order valence-electron chi connectivity index (χ3n) is 5.90. The lowest BCUT2D eigenvalue weighted by atomic mass is 10.2. The first-order valence-electron chi connectivity index (χ1n) is 10.9. The minimum absolute atomic E-state index is 0.0325. The van der Waals surface area contributed by atoms with Crippen LogP contribution in [0.4, 0.5) is 5.69 Å². The van der Waals surface area contributed by atoms with E-state index in [1.165, 1.54) is 0 Å². The van der Waals surface area contributed by atoms with Crippen LogP contribution in [0.2, 0.25) is 0 Å². The van der Waals surface area contributed by atoms with Crippen molar-refractivity contribution in [2.45, 2.75) is 18.9 Å². The number of anilines is 1. The van der Waals surface area contributed by atoms with E-state index in [-0.39, 0.29) is 11.8 Å². The van der Waals surface area contributed by atoms with Gasteiger partial charge in [0.25, 0.3) is 11.8 Å². The molecule has 7 heteroatoms. The van der Waals surface area contributed by atoms with Gasteiger partial charge in [-0.05, 0) is 67.4 Å². The zero-order valence-corrected chi connectivity index (χ0v) is 17.7. The number of carbonyl (C=O) groups is 2. The molecule has 1 saturated carbocycles. The van der Waals surface area contributed by atoms with E-state index >= 15 is 0 Å². The molecular formula is C26H21N5O2. The van der Waals surface area contributed by atoms with Crippen LogP contribution in [0.25, 0.3) is 27.6 Å². The fraction of sp³-hybridized carbons (Fsp3) is 0.115. The van der Waals surface area contributed by atoms with Crippen molar-refractivity contribution in [3.8, 4) is 5.69 Å². The molecule has 0 saturated heterocycles. The summed E-state index contributed by atoms with van der Waals surface area (Å²) >= 11 is 0. The van der Waals surface area contributed by atoms with Crippen molar-refractivity contribution in [2.75, 3.05) is 5.32 Å². The first-order chi connectivity index (χ1) is 16.1. The van der Waals surface area contributed by atoms with E-state index in [1.807, 2.05) is 77.4 Å². The Kier molecular flexibility index (Phi) is 4.47. The molecule has 0 spiro atoms. The number of fused-ring (bicyclic) bond motifs is 2. The minimum atomic E-state index is -0.204. The quantitative estimate of drug-likeness (QED) is 0.375. The second kappa shape index (κ2) is 7.63. The Hall–Kier alpha value is -4.39. The zero-order chi connectivity index (χ0) is 22.4. The van der Waals surface area contributed by atoms with Gasteiger partial charge in [0.15, 0.2) is 0 Å². The number of benzene rings is 3. The molecule has 2 amide bonds. The average molecular weight is 435 g/mol. The largest absolute Gasteiger partial charge is 0.351 e. The molecule has 0 radical (unpaired) electrons. The van der Waals surface area contributed by atoms with Gasteiger partial charge in [0.05, 0.1) is 11.0 Å². The maximum atomic E-state index is 12.7. The molecule has 3 aromatic carbocycles. The maximum absolute atomic E-state index is 12.7. The molecule has 1 fully saturated rings. The molecular weight excluding hydrogens is 414 g/mol. The highest BCUT2D eigenvalue weighted by Gasteiger charge is 2.23. The number of aromatic nitrogens is 3. The smallest absolute Gasteiger partial charge is 0.272 e. The van der Waals surface area contributed by atoms with Gasteiger partial charge in [-0.15, -0.1) is 0 Å². The van der Waals surface area contributed by atoms with Gasteiger partial charge in [0, 0.05) is 33.9 Å². The average Bonchev–Trinajstić information content (AvgIpc) is 3.38. The van der Waals surface area contributed by atoms with Gasteiger partial charge in [-0.25, -0.2) is 4.98 Å². The third kappa shape index (κ3) is 3.74. The number of hydrogen-bond donors (Lipinski definition) is 3. The van der Waals surface area contributed by atoms with Crippen LogP contribution >= 0.6 is 0 Å². The molecule has 5 aromatic rings. The van der Waals surface area contributed by atoms with Crippen molar-refractivity contribution in [2.24, 2.45) is 0 Å². The van der Waals surface area contributed by atoms with Gasteiger partial charge in [-0.3, -0.25) is 14.2 Å². The molecule has 7 nitrogen and oxygen atoms in total. The molecule has 162 valence electrons. The van der Waals surface area contributed by atoms with Gasteiger partial charge in [-0.1, -0.05) is 18.2 Å². The van der Waals surface area contributed by atoms with Crippen molar-refractivity contribution in [3.05, 3.63) is 90.4 Å². The Morgan fingerprint density at radius 3 is 2.55 bits per heavy atom. The number of aromatic amines is 1. The summed E-state index contributed by atoms with van der Waals surface area (Å²) in [5.41, 5.74) is 5.34. The minimum Gasteiger partial charge on any atom is -0.351 e. The van der Waals surface area contributed by atoms with Crippen LogP contribution in [-0.2, 0) is 0 Å². The van der Waals surface area contributed by atoms with Gasteiger partial charge in [-0.2, -0.15) is 0 Å². The van der Waals surface area contributed by atoms with Crippen molar-refractivity contribution >= 4 is 39.4 Å². The van der Waals surface area contributed by atoms with Gasteiger partial charge in [0.2, 0.25) is 0 Å². The van der Waals surface area contributed by atoms with E-state index in [1.54, 1.807) is 6.33 Å². The number of H-pyrrole nitrogens is 1. The molecule has 33 heavy (non-hydrogen) atoms. The van der Waals surface area contributed by atoms with E-state index < -0.39 is 0 Å². The summed E-state index contributed by atoms with van der Waals surface area (Å²) in [4.78, 5) is 32.6. The number of nitrogens with one attached hydrogen (secondary N) is 3. The SMILES string of the molecule is O=C(NC1CC1)c1ccc(-n2cnc3cc(NC(=O)c4cc5ccccc5[nH]4)ccc32)cc1. The molecule has 1 aliphatic rings. The number of para-hydroxylation sites is 1. The van der Waals surface area contributed by atoms with Crippen LogP contribution in [-0.4, -0.2) is 32.4 Å². The summed E-state index contributed by atoms with van der Waals surface area (Å²) in [7, 11) is 0. The van der Waals surface area contributed by atoms with Crippen molar-refractivity contribution in [1.82, 2.24) is 19.9 Å². The summed E-state index contributed by atoms with van der Waals surface area (Å²) in [5.74, 6) is -0.236. The summed E-state index contributed by atoms with van der Waals surface area (Å²) < 4.78 is 1.96. The summed E-state index contributed by atoms with van der Waals surface area (Å²) in [6.07, 6.45) is 3.87. The Labute approximate surface area is 189 Å². The van der Waals surface area contributed by atoms with Crippen LogP contribution in [0.15, 0.2) is 79.1 Å². The maximum Gasteiger partial charge on any atom is 0.272 e. The molecule has 6 rings (SSSR count). The normalized spacial score (nSPS) is 13.3. The van der Waals surface area contributed by atoms with Crippen LogP contribution in [0.5, 0.6) is 0 Å². The molecule has 2 aromatic heterocycles. The van der Waals surface area contributed by atoms with Crippen molar-refractivity contribution in [1.29, 1.82) is 0 Å². The predicted octanol–water partition coefficient (Wildman–Crippen LogP) is 4.65. The van der Waals surface area contributed by atoms with Crippen molar-refractivity contribution in [3.63, 3.8) is 0 Å². The number of nitrogens with zero attached hydrogens (tertiary/aromatic N) is 2. The second-order valence-electron chi connectivity index (χ2n) is 8.34. The summed E-state index contributed by atoms with van der Waals surface area (Å²) in [6.45, 7) is 0. The summed E-state index contributed by atoms with van der Waals surface area (Å²) in [5, 5.41) is 6.93. The standard InChI is InChI=1S/C26H21N5O2/c32-25(28-18-7-8-18)16-5-10-20(11-6-16)31-15-27-22-14-19(9-12-24(22)31)29-26(33)23-13-17-3-1-2-4-21(17)30-23/h1-6,9-15,18,30H,7-8H2,(H,28,32)(H,29,33). The zero-order valence-electron chi connectivity index (χ0n) is 17.7. The highest BCUT2D eigenvalue weighted by molar-refractivity contribution is 6.06. The number of amides is 2. The fourth-order valence-corrected chi connectivity index (χ4v) is 3.96. The Balaban J connectivity index is 1.22. The molecule has 0 unspecified atom stereocenters. The van der Waals surface area contributed by atoms with Crippen LogP contribution in [0.1, 0.15) is 33.7 Å². The molecule has 0 bridgehead atoms. The number of imidazole rings is 1. The lowest BCUT2D eigenvalue weighted by Gasteiger charge is -2.08. The number of rotatable bonds is 5. The van der Waals surface area contributed by atoms with E-state index in [2.05, 4.69) is 20.6 Å². The Morgan fingerprint density at radius 2 is 1.76 bits per heavy atom. The Bertz CT molecular complexity index is 1480. The topological polar surface area (TPSA) is 91.8 Å². The predicted molar refractivity (Wildman–Crippen MR) is 128 cm³/mol. The van der Waals surface area contributed by atoms with E-state index in [0.29, 0.717) is 23.0 Å². The number of carbonyl (C=O) groups excluding carboxylic acids is 2. The summed E-state index contributed by atoms with van der Waals surface area (Å²) in [6, 6.07) is 23.1. The van der Waals surface area contributed by atoms with Crippen LogP contribution < -0.4 is 10.6 Å². The highest BCUT2D eigenvalue weighted by atomic mass is 16.2. The molecule has 3 N–H and O–H groups in total. The van der Waals surface area contributed by atoms with Gasteiger partial charge in [0.1, 0.15) is 12.0 Å². The van der Waals surface area contributed by atoms with Gasteiger partial charge >= 0.3 is 0 Å². The molecule has 0 atom stereocenters. The van der Waals surface area contributed by atoms with Crippen molar-refractivity contribution < 1.29 is 9.59 Å². The second-order valence-corrected chi connectivity index (χ2v) is 8.34. The van der Waals surface area contributed by atoms with E-state index in [0.717, 1.165) is 40.5 Å². The monoisotopic (exact) mass is 435 g/mol. The Morgan fingerprint density at radius 1 is 0.939 bits per heavy atom. The first kappa shape index (κ1) is 19.3. The van der Waals surface area contributed by atoms with Crippen LogP contribution in [0.3, 0.4) is 0 Å². The fourth-order valence-electron chi connectivity index (χ4n) is 3.96. The third-order valence-corrected chi connectivity index (χ3v) is 5.90. The molecule has 1 aliphatic carbocycles. The number of hydrogen-bond acceptors (Lipinski definition) is 3. The van der Waals surface area contributed by atoms with Gasteiger partial charge < -0.3 is 15.6 Å². The first-order valence-corrected chi connectivity index (χ1v) is 10.9. The van der Waals surface area contributed by atoms with E-state index in [4.69, 9.17) is 0 Å². The molecule has 2 heterocycles. The van der Waals surface area contributed by atoms with E-state index in [9.17, 15) is 9.59 Å².